The zero-order valence-electron chi connectivity index (χ0n) is 11.5. The Morgan fingerprint density at radius 1 is 1.19 bits per heavy atom. The van der Waals surface area contributed by atoms with Crippen molar-refractivity contribution in [3.05, 3.63) is 35.7 Å². The highest BCUT2D eigenvalue weighted by Crippen LogP contribution is 2.24. The van der Waals surface area contributed by atoms with Crippen molar-refractivity contribution in [2.45, 2.75) is 25.7 Å². The fourth-order valence-corrected chi connectivity index (χ4v) is 1.84. The van der Waals surface area contributed by atoms with E-state index < -0.39 is 17.9 Å². The Hall–Kier alpha value is -2.70. The molecule has 1 heterocycles. The highest BCUT2D eigenvalue weighted by Gasteiger charge is 2.28. The summed E-state index contributed by atoms with van der Waals surface area (Å²) in [4.78, 5) is 26.3. The summed E-state index contributed by atoms with van der Waals surface area (Å²) in [5.74, 6) is -3.63. The van der Waals surface area contributed by atoms with Gasteiger partial charge in [-0.05, 0) is 11.6 Å². The van der Waals surface area contributed by atoms with Gasteiger partial charge in [-0.15, -0.1) is 0 Å². The van der Waals surface area contributed by atoms with E-state index in [1.807, 2.05) is 13.8 Å². The molecule has 7 nitrogen and oxygen atoms in total. The second-order valence-electron chi connectivity index (χ2n) is 4.85. The smallest absolute Gasteiger partial charge is 0.322 e. The second kappa shape index (κ2) is 5.74. The Balaban J connectivity index is 2.40. The summed E-state index contributed by atoms with van der Waals surface area (Å²) in [6, 6.07) is 6.12. The molecule has 0 aliphatic rings. The molecule has 110 valence electrons. The lowest BCUT2D eigenvalue weighted by molar-refractivity contribution is -0.150. The van der Waals surface area contributed by atoms with E-state index in [0.29, 0.717) is 17.3 Å². The van der Waals surface area contributed by atoms with Crippen LogP contribution in [0.25, 0.3) is 11.4 Å². The highest BCUT2D eigenvalue weighted by atomic mass is 16.5. The van der Waals surface area contributed by atoms with Gasteiger partial charge in [0.25, 0.3) is 0 Å². The van der Waals surface area contributed by atoms with E-state index >= 15 is 0 Å². The monoisotopic (exact) mass is 290 g/mol. The molecule has 1 aromatic heterocycles. The number of hydrogen-bond acceptors (Lipinski definition) is 5. The molecule has 2 aromatic rings. The van der Waals surface area contributed by atoms with Crippen molar-refractivity contribution >= 4 is 11.9 Å². The average Bonchev–Trinajstić information content (AvgIpc) is 2.88. The molecule has 0 aliphatic carbocycles. The molecule has 2 N–H and O–H groups in total. The molecular formula is C14H14N2O5. The summed E-state index contributed by atoms with van der Waals surface area (Å²) in [7, 11) is 0. The van der Waals surface area contributed by atoms with Crippen LogP contribution in [0.4, 0.5) is 0 Å². The minimum atomic E-state index is -1.62. The van der Waals surface area contributed by atoms with Crippen LogP contribution >= 0.6 is 0 Å². The number of aromatic nitrogens is 2. The number of aliphatic carboxylic acids is 2. The number of carbonyl (C=O) groups is 2. The quantitative estimate of drug-likeness (QED) is 0.810. The van der Waals surface area contributed by atoms with Crippen molar-refractivity contribution in [3.63, 3.8) is 0 Å². The first kappa shape index (κ1) is 14.7. The van der Waals surface area contributed by atoms with Gasteiger partial charge in [0.1, 0.15) is 0 Å². The zero-order valence-corrected chi connectivity index (χ0v) is 11.5. The van der Waals surface area contributed by atoms with E-state index in [0.717, 1.165) is 0 Å². The lowest BCUT2D eigenvalue weighted by atomic mass is 9.97. The molecule has 0 saturated heterocycles. The van der Waals surface area contributed by atoms with Gasteiger partial charge >= 0.3 is 11.9 Å². The van der Waals surface area contributed by atoms with Crippen LogP contribution in [0.2, 0.25) is 0 Å². The van der Waals surface area contributed by atoms with Crippen molar-refractivity contribution < 1.29 is 24.3 Å². The van der Waals surface area contributed by atoms with E-state index in [9.17, 15) is 9.59 Å². The lowest BCUT2D eigenvalue weighted by Gasteiger charge is -2.08. The van der Waals surface area contributed by atoms with Gasteiger partial charge in [-0.1, -0.05) is 37.2 Å². The summed E-state index contributed by atoms with van der Waals surface area (Å²) in [5.41, 5.74) is 0.666. The number of carboxylic acids is 2. The molecule has 0 unspecified atom stereocenters. The predicted molar refractivity (Wildman–Crippen MR) is 71.8 cm³/mol. The maximum absolute atomic E-state index is 11.1. The maximum atomic E-state index is 11.1. The van der Waals surface area contributed by atoms with Crippen LogP contribution in [-0.4, -0.2) is 32.3 Å². The van der Waals surface area contributed by atoms with Crippen LogP contribution < -0.4 is 0 Å². The van der Waals surface area contributed by atoms with Gasteiger partial charge in [-0.25, -0.2) is 0 Å². The summed E-state index contributed by atoms with van der Waals surface area (Å²) in [6.45, 7) is 3.80. The van der Waals surface area contributed by atoms with Crippen molar-refractivity contribution in [3.8, 4) is 11.4 Å². The zero-order chi connectivity index (χ0) is 15.6. The SMILES string of the molecule is CC(C)c1nc(-c2cccc(C(C(=O)O)C(=O)O)c2)no1. The molecule has 0 atom stereocenters. The third-order valence-corrected chi connectivity index (χ3v) is 2.91. The summed E-state index contributed by atoms with van der Waals surface area (Å²) in [6.07, 6.45) is 0. The van der Waals surface area contributed by atoms with Gasteiger partial charge < -0.3 is 14.7 Å². The third-order valence-electron chi connectivity index (χ3n) is 2.91. The summed E-state index contributed by atoms with van der Waals surface area (Å²) in [5, 5.41) is 21.8. The Bertz CT molecular complexity index is 664. The Morgan fingerprint density at radius 2 is 1.86 bits per heavy atom. The molecule has 0 aliphatic heterocycles. The first-order valence-corrected chi connectivity index (χ1v) is 6.29. The van der Waals surface area contributed by atoms with Crippen LogP contribution in [-0.2, 0) is 9.59 Å². The van der Waals surface area contributed by atoms with Gasteiger partial charge in [0.15, 0.2) is 5.92 Å². The largest absolute Gasteiger partial charge is 0.480 e. The molecule has 2 rings (SSSR count). The molecule has 0 radical (unpaired) electrons. The van der Waals surface area contributed by atoms with Gasteiger partial charge in [0.2, 0.25) is 11.7 Å². The molecule has 0 bridgehead atoms. The van der Waals surface area contributed by atoms with Gasteiger partial charge in [-0.3, -0.25) is 9.59 Å². The van der Waals surface area contributed by atoms with Gasteiger partial charge in [0.05, 0.1) is 0 Å². The van der Waals surface area contributed by atoms with Crippen molar-refractivity contribution in [1.29, 1.82) is 0 Å². The van der Waals surface area contributed by atoms with Crippen LogP contribution in [0.15, 0.2) is 28.8 Å². The van der Waals surface area contributed by atoms with Gasteiger partial charge in [-0.2, -0.15) is 4.98 Å². The third kappa shape index (κ3) is 3.07. The van der Waals surface area contributed by atoms with E-state index in [-0.39, 0.29) is 11.5 Å². The minimum absolute atomic E-state index is 0.0696. The normalized spacial score (nSPS) is 11.0. The Kier molecular flexibility index (Phi) is 4.02. The fraction of sp³-hybridized carbons (Fsp3) is 0.286. The first-order chi connectivity index (χ1) is 9.90. The summed E-state index contributed by atoms with van der Waals surface area (Å²) < 4.78 is 5.08. The predicted octanol–water partition coefficient (Wildman–Crippen LogP) is 2.11. The van der Waals surface area contributed by atoms with Crippen molar-refractivity contribution in [1.82, 2.24) is 10.1 Å². The van der Waals surface area contributed by atoms with E-state index in [1.165, 1.54) is 12.1 Å². The molecule has 0 spiro atoms. The van der Waals surface area contributed by atoms with Crippen LogP contribution in [0.1, 0.15) is 37.1 Å². The molecule has 0 amide bonds. The number of nitrogens with zero attached hydrogens (tertiary/aromatic N) is 2. The van der Waals surface area contributed by atoms with E-state index in [4.69, 9.17) is 14.7 Å². The second-order valence-corrected chi connectivity index (χ2v) is 4.85. The molecule has 0 fully saturated rings. The average molecular weight is 290 g/mol. The van der Waals surface area contributed by atoms with Crippen LogP contribution in [0.5, 0.6) is 0 Å². The topological polar surface area (TPSA) is 114 Å². The van der Waals surface area contributed by atoms with Crippen molar-refractivity contribution in [2.24, 2.45) is 0 Å². The lowest BCUT2D eigenvalue weighted by Crippen LogP contribution is -2.21. The highest BCUT2D eigenvalue weighted by molar-refractivity contribution is 5.99. The summed E-state index contributed by atoms with van der Waals surface area (Å²) >= 11 is 0. The van der Waals surface area contributed by atoms with Crippen LogP contribution in [0, 0.1) is 0 Å². The Morgan fingerprint density at radius 3 is 2.38 bits per heavy atom. The molecular weight excluding hydrogens is 276 g/mol. The minimum Gasteiger partial charge on any atom is -0.480 e. The standard InChI is InChI=1S/C14H14N2O5/c1-7(2)12-15-11(16-21-12)9-5-3-4-8(6-9)10(13(17)18)14(19)20/h3-7,10H,1-2H3,(H,17,18)(H,19,20). The molecule has 0 saturated carbocycles. The van der Waals surface area contributed by atoms with Crippen LogP contribution in [0.3, 0.4) is 0 Å². The number of hydrogen-bond donors (Lipinski definition) is 2. The molecule has 1 aromatic carbocycles. The molecule has 7 heteroatoms. The molecule has 21 heavy (non-hydrogen) atoms. The van der Waals surface area contributed by atoms with E-state index in [1.54, 1.807) is 12.1 Å². The number of carboxylic acid groups (broad SMARTS) is 2. The Labute approximate surface area is 120 Å². The maximum Gasteiger partial charge on any atom is 0.322 e. The number of rotatable bonds is 5. The van der Waals surface area contributed by atoms with E-state index in [2.05, 4.69) is 10.1 Å². The fourth-order valence-electron chi connectivity index (χ4n) is 1.84. The van der Waals surface area contributed by atoms with Crippen molar-refractivity contribution in [2.75, 3.05) is 0 Å². The van der Waals surface area contributed by atoms with Gasteiger partial charge in [0, 0.05) is 11.5 Å². The number of benzene rings is 1. The first-order valence-electron chi connectivity index (χ1n) is 6.29.